The number of piperidine rings is 1. The summed E-state index contributed by atoms with van der Waals surface area (Å²) in [5, 5.41) is 3.66. The smallest absolute Gasteiger partial charge is 0.336 e. The Hall–Kier alpha value is -4.73. The highest BCUT2D eigenvalue weighted by atomic mass is 35.5. The highest BCUT2D eigenvalue weighted by molar-refractivity contribution is 6.42. The Kier molecular flexibility index (Phi) is 16.7. The van der Waals surface area contributed by atoms with Crippen molar-refractivity contribution >= 4 is 40.9 Å². The third-order valence-corrected chi connectivity index (χ3v) is 11.8. The lowest BCUT2D eigenvalue weighted by atomic mass is 9.80. The van der Waals surface area contributed by atoms with Gasteiger partial charge >= 0.3 is 11.9 Å². The van der Waals surface area contributed by atoms with E-state index in [9.17, 15) is 14.4 Å². The molecule has 2 aliphatic rings. The number of hydrogen-bond acceptors (Lipinski definition) is 8. The van der Waals surface area contributed by atoms with Gasteiger partial charge in [0.15, 0.2) is 5.78 Å². The molecule has 1 N–H and O–H groups in total. The number of ketones is 1. The summed E-state index contributed by atoms with van der Waals surface area (Å²) in [6.07, 6.45) is 3.78. The summed E-state index contributed by atoms with van der Waals surface area (Å²) in [5.41, 5.74) is 6.92. The fourth-order valence-electron chi connectivity index (χ4n) is 7.74. The fourth-order valence-corrected chi connectivity index (χ4v) is 8.16. The molecule has 4 aromatic rings. The number of nitrogens with zero attached hydrogens (tertiary/aromatic N) is 1. The number of likely N-dealkylation sites (tertiary alicyclic amines) is 1. The molecule has 0 saturated carbocycles. The van der Waals surface area contributed by atoms with Crippen LogP contribution in [0.5, 0.6) is 0 Å². The molecule has 4 aromatic carbocycles. The van der Waals surface area contributed by atoms with Gasteiger partial charge in [-0.1, -0.05) is 141 Å². The number of dihydropyridines is 1. The van der Waals surface area contributed by atoms with E-state index in [1.54, 1.807) is 39.0 Å². The molecule has 2 heterocycles. The Balaban J connectivity index is 0.000000241. The van der Waals surface area contributed by atoms with Gasteiger partial charge in [-0.2, -0.15) is 0 Å². The molecule has 1 saturated heterocycles. The predicted octanol–water partition coefficient (Wildman–Crippen LogP) is 11.2. The van der Waals surface area contributed by atoms with Crippen molar-refractivity contribution in [3.63, 3.8) is 0 Å². The second kappa shape index (κ2) is 21.7. The zero-order valence-corrected chi connectivity index (χ0v) is 37.4. The van der Waals surface area contributed by atoms with Crippen molar-refractivity contribution in [1.29, 1.82) is 0 Å². The fraction of sp³-hybridized carbons (Fsp3) is 0.380. The molecular formula is C50H58Cl2N2O6. The lowest BCUT2D eigenvalue weighted by Crippen LogP contribution is -2.38. The Morgan fingerprint density at radius 2 is 1.35 bits per heavy atom. The first-order chi connectivity index (χ1) is 28.7. The van der Waals surface area contributed by atoms with Crippen LogP contribution in [0.4, 0.5) is 0 Å². The van der Waals surface area contributed by atoms with Crippen molar-refractivity contribution in [2.45, 2.75) is 90.8 Å². The summed E-state index contributed by atoms with van der Waals surface area (Å²) < 4.78 is 16.8. The predicted molar refractivity (Wildman–Crippen MR) is 240 cm³/mol. The van der Waals surface area contributed by atoms with E-state index in [2.05, 4.69) is 104 Å². The molecule has 0 spiro atoms. The van der Waals surface area contributed by atoms with Crippen LogP contribution in [0.3, 0.4) is 0 Å². The second-order valence-corrected chi connectivity index (χ2v) is 17.0. The summed E-state index contributed by atoms with van der Waals surface area (Å²) >= 11 is 12.5. The van der Waals surface area contributed by atoms with Gasteiger partial charge in [-0.15, -0.1) is 0 Å². The summed E-state index contributed by atoms with van der Waals surface area (Å²) in [6, 6.07) is 34.3. The first-order valence-electron chi connectivity index (χ1n) is 20.7. The first-order valence-corrected chi connectivity index (χ1v) is 21.5. The van der Waals surface area contributed by atoms with Crippen LogP contribution < -0.4 is 5.32 Å². The number of carbonyl (C=O) groups is 3. The molecule has 1 atom stereocenters. The maximum absolute atomic E-state index is 12.7. The number of Topliss-reactive ketones (excluding diaryl/α,β-unsaturated/α-hetero) is 1. The van der Waals surface area contributed by atoms with Crippen LogP contribution in [0.25, 0.3) is 0 Å². The molecule has 2 aliphatic heterocycles. The number of carbonyl (C=O) groups excluding carboxylic acids is 3. The van der Waals surface area contributed by atoms with Crippen molar-refractivity contribution in [2.24, 2.45) is 0 Å². The molecule has 60 heavy (non-hydrogen) atoms. The number of hydrogen-bond donors (Lipinski definition) is 1. The van der Waals surface area contributed by atoms with Crippen LogP contribution >= 0.6 is 23.2 Å². The number of methoxy groups -OCH3 is 1. The number of ether oxygens (including phenoxy) is 3. The lowest BCUT2D eigenvalue weighted by Gasteiger charge is -2.34. The average molecular weight is 854 g/mol. The zero-order valence-electron chi connectivity index (χ0n) is 35.9. The van der Waals surface area contributed by atoms with Crippen LogP contribution in [0, 0.1) is 0 Å². The van der Waals surface area contributed by atoms with Gasteiger partial charge in [0.25, 0.3) is 0 Å². The maximum Gasteiger partial charge on any atom is 0.336 e. The number of halogens is 2. The standard InChI is InChI=1S/C32H39NO2.C18H19Cl2NO4/c1-32(2,3)28-18-16-25(17-19-28)30(34)15-10-22-33-23-20-29(21-24-33)35-31(26-11-6-4-7-12-26)27-13-8-5-9-14-27;1-5-25-18(23)14-10(3)21-9(2)13(17(22)24-4)15(14)11-7-6-8-12(19)16(11)20/h4-9,11-14,16-19,29,31H,10,15,20-24H2,1-3H3;6-8,15,21H,5H2,1-4H3. The topological polar surface area (TPSA) is 94.2 Å². The van der Waals surface area contributed by atoms with E-state index >= 15 is 0 Å². The highest BCUT2D eigenvalue weighted by Gasteiger charge is 2.39. The van der Waals surface area contributed by atoms with E-state index in [-0.39, 0.29) is 35.0 Å². The van der Waals surface area contributed by atoms with Gasteiger partial charge in [-0.3, -0.25) is 4.79 Å². The molecule has 1 unspecified atom stereocenters. The molecule has 0 aromatic heterocycles. The number of rotatable bonds is 13. The monoisotopic (exact) mass is 852 g/mol. The molecular weight excluding hydrogens is 795 g/mol. The van der Waals surface area contributed by atoms with Crippen molar-refractivity contribution < 1.29 is 28.6 Å². The van der Waals surface area contributed by atoms with E-state index < -0.39 is 17.9 Å². The molecule has 8 nitrogen and oxygen atoms in total. The molecule has 1 fully saturated rings. The van der Waals surface area contributed by atoms with E-state index in [1.807, 2.05) is 12.1 Å². The van der Waals surface area contributed by atoms with Gasteiger partial charge in [0.05, 0.1) is 46.9 Å². The van der Waals surface area contributed by atoms with Gasteiger partial charge in [-0.25, -0.2) is 9.59 Å². The highest BCUT2D eigenvalue weighted by Crippen LogP contribution is 2.43. The second-order valence-electron chi connectivity index (χ2n) is 16.2. The Morgan fingerprint density at radius 1 is 0.783 bits per heavy atom. The molecule has 6 rings (SSSR count). The van der Waals surface area contributed by atoms with Crippen molar-refractivity contribution in [3.8, 4) is 0 Å². The van der Waals surface area contributed by atoms with E-state index in [1.165, 1.54) is 23.8 Å². The van der Waals surface area contributed by atoms with E-state index in [4.69, 9.17) is 37.4 Å². The van der Waals surface area contributed by atoms with Crippen LogP contribution in [0.1, 0.15) is 112 Å². The summed E-state index contributed by atoms with van der Waals surface area (Å²) in [4.78, 5) is 40.1. The molecule has 318 valence electrons. The number of nitrogens with one attached hydrogen (secondary N) is 1. The third-order valence-electron chi connectivity index (χ3n) is 11.0. The maximum atomic E-state index is 12.7. The quantitative estimate of drug-likeness (QED) is 0.105. The normalized spacial score (nSPS) is 16.2. The van der Waals surface area contributed by atoms with Crippen LogP contribution in [0.2, 0.25) is 10.0 Å². The van der Waals surface area contributed by atoms with Gasteiger partial charge in [-0.05, 0) is 80.3 Å². The van der Waals surface area contributed by atoms with E-state index in [0.29, 0.717) is 39.5 Å². The van der Waals surface area contributed by atoms with Crippen LogP contribution in [0.15, 0.2) is 126 Å². The molecule has 0 aliphatic carbocycles. The third kappa shape index (κ3) is 12.0. The van der Waals surface area contributed by atoms with Gasteiger partial charge in [0.2, 0.25) is 0 Å². The van der Waals surface area contributed by atoms with Crippen molar-refractivity contribution in [1.82, 2.24) is 10.2 Å². The van der Waals surface area contributed by atoms with Gasteiger partial charge in [0, 0.05) is 36.5 Å². The molecule has 0 amide bonds. The van der Waals surface area contributed by atoms with Gasteiger partial charge in [0.1, 0.15) is 6.10 Å². The minimum Gasteiger partial charge on any atom is -0.466 e. The molecule has 0 radical (unpaired) electrons. The molecule has 10 heteroatoms. The number of allylic oxidation sites excluding steroid dienone is 2. The number of esters is 2. The molecule has 0 bridgehead atoms. The van der Waals surface area contributed by atoms with Crippen molar-refractivity contribution in [2.75, 3.05) is 33.4 Å². The van der Waals surface area contributed by atoms with E-state index in [0.717, 1.165) is 44.5 Å². The number of benzene rings is 4. The summed E-state index contributed by atoms with van der Waals surface area (Å²) in [6.45, 7) is 15.0. The van der Waals surface area contributed by atoms with Crippen molar-refractivity contribution in [3.05, 3.63) is 164 Å². The minimum atomic E-state index is -0.737. The van der Waals surface area contributed by atoms with Crippen LogP contribution in [-0.4, -0.2) is 62.1 Å². The Bertz CT molecular complexity index is 2100. The van der Waals surface area contributed by atoms with Gasteiger partial charge < -0.3 is 24.4 Å². The minimum absolute atomic E-state index is 0.0313. The summed E-state index contributed by atoms with van der Waals surface area (Å²) in [7, 11) is 1.29. The first kappa shape index (κ1) is 46.3. The summed E-state index contributed by atoms with van der Waals surface area (Å²) in [5.74, 6) is -1.57. The average Bonchev–Trinajstić information content (AvgIpc) is 3.24. The Labute approximate surface area is 365 Å². The zero-order chi connectivity index (χ0) is 43.4. The van der Waals surface area contributed by atoms with Crippen LogP contribution in [-0.2, 0) is 29.2 Å². The Morgan fingerprint density at radius 3 is 1.88 bits per heavy atom. The SMILES string of the molecule is CC(C)(C)c1ccc(C(=O)CCCN2CCC(OC(c3ccccc3)c3ccccc3)CC2)cc1.CCOC(=O)C1=C(C)NC(C)=C(C(=O)OC)C1c1cccc(Cl)c1Cl. The lowest BCUT2D eigenvalue weighted by molar-refractivity contribution is -0.139. The largest absolute Gasteiger partial charge is 0.466 e.